The summed E-state index contributed by atoms with van der Waals surface area (Å²) < 4.78 is 25.0. The Labute approximate surface area is 104 Å². The Morgan fingerprint density at radius 2 is 1.82 bits per heavy atom. The second-order valence-electron chi connectivity index (χ2n) is 4.34. The zero-order valence-corrected chi connectivity index (χ0v) is 11.4. The van der Waals surface area contributed by atoms with Gasteiger partial charge < -0.3 is 0 Å². The summed E-state index contributed by atoms with van der Waals surface area (Å²) in [5.74, 6) is 0. The number of unbranched alkanes of at least 4 members (excludes halogenated alkanes) is 3. The molecule has 0 radical (unpaired) electrons. The lowest BCUT2D eigenvalue weighted by atomic mass is 10.0. The number of nitrogens with one attached hydrogen (secondary N) is 1. The van der Waals surface area contributed by atoms with Crippen LogP contribution in [-0.2, 0) is 16.4 Å². The number of benzene rings is 1. The lowest BCUT2D eigenvalue weighted by molar-refractivity contribution is 0.606. The first-order valence-corrected chi connectivity index (χ1v) is 7.98. The summed E-state index contributed by atoms with van der Waals surface area (Å²) >= 11 is 0. The molecular weight excluding hydrogens is 234 g/mol. The summed E-state index contributed by atoms with van der Waals surface area (Å²) in [6.45, 7) is 2.18. The highest BCUT2D eigenvalue weighted by Crippen LogP contribution is 2.19. The fourth-order valence-corrected chi connectivity index (χ4v) is 2.38. The van der Waals surface area contributed by atoms with Gasteiger partial charge in [0.15, 0.2) is 0 Å². The first-order valence-electron chi connectivity index (χ1n) is 6.08. The van der Waals surface area contributed by atoms with Gasteiger partial charge in [0, 0.05) is 0 Å². The van der Waals surface area contributed by atoms with Crippen LogP contribution in [0.1, 0.15) is 38.2 Å². The summed E-state index contributed by atoms with van der Waals surface area (Å²) in [7, 11) is -3.18. The van der Waals surface area contributed by atoms with Crippen LogP contribution in [0.4, 0.5) is 5.69 Å². The molecule has 4 heteroatoms. The molecule has 0 saturated carbocycles. The molecule has 17 heavy (non-hydrogen) atoms. The van der Waals surface area contributed by atoms with Crippen LogP contribution in [0.25, 0.3) is 0 Å². The van der Waals surface area contributed by atoms with E-state index < -0.39 is 10.0 Å². The quantitative estimate of drug-likeness (QED) is 0.761. The minimum atomic E-state index is -3.18. The van der Waals surface area contributed by atoms with Crippen molar-refractivity contribution < 1.29 is 8.42 Å². The maximum Gasteiger partial charge on any atom is 0.229 e. The van der Waals surface area contributed by atoms with E-state index in [1.54, 1.807) is 0 Å². The molecule has 0 aliphatic heterocycles. The van der Waals surface area contributed by atoms with Gasteiger partial charge in [-0.25, -0.2) is 8.42 Å². The van der Waals surface area contributed by atoms with Gasteiger partial charge in [0.1, 0.15) is 0 Å². The minimum absolute atomic E-state index is 0.714. The van der Waals surface area contributed by atoms with Crippen LogP contribution in [0.2, 0.25) is 0 Å². The van der Waals surface area contributed by atoms with Crippen LogP contribution in [-0.4, -0.2) is 14.7 Å². The van der Waals surface area contributed by atoms with Crippen molar-refractivity contribution in [1.82, 2.24) is 0 Å². The topological polar surface area (TPSA) is 46.2 Å². The molecule has 0 aliphatic carbocycles. The van der Waals surface area contributed by atoms with Gasteiger partial charge in [-0.1, -0.05) is 44.4 Å². The molecule has 0 atom stereocenters. The molecule has 96 valence electrons. The lowest BCUT2D eigenvalue weighted by Crippen LogP contribution is -2.11. The summed E-state index contributed by atoms with van der Waals surface area (Å²) in [6.07, 6.45) is 6.87. The predicted molar refractivity (Wildman–Crippen MR) is 72.8 cm³/mol. The van der Waals surface area contributed by atoms with Gasteiger partial charge >= 0.3 is 0 Å². The van der Waals surface area contributed by atoms with Gasteiger partial charge in [-0.2, -0.15) is 0 Å². The fourth-order valence-electron chi connectivity index (χ4n) is 1.78. The van der Waals surface area contributed by atoms with Gasteiger partial charge in [0.05, 0.1) is 11.9 Å². The number of sulfonamides is 1. The standard InChI is InChI=1S/C13H21NO2S/c1-3-4-5-6-9-12-10-7-8-11-13(12)14-17(2,15)16/h7-8,10-11,14H,3-6,9H2,1-2H3. The van der Waals surface area contributed by atoms with Crippen LogP contribution in [0.3, 0.4) is 0 Å². The molecule has 3 nitrogen and oxygen atoms in total. The van der Waals surface area contributed by atoms with Crippen molar-refractivity contribution in [3.63, 3.8) is 0 Å². The Hall–Kier alpha value is -1.03. The van der Waals surface area contributed by atoms with Gasteiger partial charge in [-0.15, -0.1) is 0 Å². The van der Waals surface area contributed by atoms with E-state index in [1.165, 1.54) is 25.5 Å². The lowest BCUT2D eigenvalue weighted by Gasteiger charge is -2.10. The van der Waals surface area contributed by atoms with E-state index in [9.17, 15) is 8.42 Å². The number of rotatable bonds is 7. The molecule has 0 spiro atoms. The van der Waals surface area contributed by atoms with E-state index >= 15 is 0 Å². The molecule has 0 fully saturated rings. The highest BCUT2D eigenvalue weighted by molar-refractivity contribution is 7.92. The van der Waals surface area contributed by atoms with E-state index in [-0.39, 0.29) is 0 Å². The molecular formula is C13H21NO2S. The maximum absolute atomic E-state index is 11.2. The van der Waals surface area contributed by atoms with Crippen molar-refractivity contribution in [2.45, 2.75) is 39.0 Å². The van der Waals surface area contributed by atoms with Crippen LogP contribution in [0.15, 0.2) is 24.3 Å². The molecule has 0 aromatic heterocycles. The molecule has 1 rings (SSSR count). The average molecular weight is 255 g/mol. The van der Waals surface area contributed by atoms with Crippen molar-refractivity contribution in [2.24, 2.45) is 0 Å². The smallest absolute Gasteiger partial charge is 0.229 e. The Morgan fingerprint density at radius 1 is 1.12 bits per heavy atom. The molecule has 0 unspecified atom stereocenters. The SMILES string of the molecule is CCCCCCc1ccccc1NS(C)(=O)=O. The van der Waals surface area contributed by atoms with Crippen LogP contribution in [0.5, 0.6) is 0 Å². The number of hydrogen-bond donors (Lipinski definition) is 1. The van der Waals surface area contributed by atoms with Crippen LogP contribution in [0, 0.1) is 0 Å². The van der Waals surface area contributed by atoms with Gasteiger partial charge in [-0.3, -0.25) is 4.72 Å². The van der Waals surface area contributed by atoms with Gasteiger partial charge in [-0.05, 0) is 24.5 Å². The second-order valence-corrected chi connectivity index (χ2v) is 6.09. The fraction of sp³-hybridized carbons (Fsp3) is 0.538. The first kappa shape index (κ1) is 14.0. The normalized spacial score (nSPS) is 11.4. The van der Waals surface area contributed by atoms with Crippen molar-refractivity contribution >= 4 is 15.7 Å². The third kappa shape index (κ3) is 5.73. The number of para-hydroxylation sites is 1. The number of hydrogen-bond acceptors (Lipinski definition) is 2. The Kier molecular flexibility index (Phi) is 5.48. The summed E-state index contributed by atoms with van der Waals surface area (Å²) in [6, 6.07) is 7.60. The van der Waals surface area contributed by atoms with Crippen molar-refractivity contribution in [3.8, 4) is 0 Å². The Bertz CT molecular complexity index is 440. The summed E-state index contributed by atoms with van der Waals surface area (Å²) in [5.41, 5.74) is 1.79. The van der Waals surface area contributed by atoms with E-state index in [0.29, 0.717) is 5.69 Å². The molecule has 1 aromatic carbocycles. The van der Waals surface area contributed by atoms with Crippen molar-refractivity contribution in [3.05, 3.63) is 29.8 Å². The minimum Gasteiger partial charge on any atom is -0.284 e. The van der Waals surface area contributed by atoms with Crippen LogP contribution < -0.4 is 4.72 Å². The second kappa shape index (κ2) is 6.64. The highest BCUT2D eigenvalue weighted by atomic mass is 32.2. The molecule has 1 N–H and O–H groups in total. The predicted octanol–water partition coefficient (Wildman–Crippen LogP) is 3.18. The van der Waals surface area contributed by atoms with Crippen LogP contribution >= 0.6 is 0 Å². The van der Waals surface area contributed by atoms with Crippen molar-refractivity contribution in [1.29, 1.82) is 0 Å². The summed E-state index contributed by atoms with van der Waals surface area (Å²) in [5, 5.41) is 0. The first-order chi connectivity index (χ1) is 8.03. The van der Waals surface area contributed by atoms with Crippen molar-refractivity contribution in [2.75, 3.05) is 11.0 Å². The largest absolute Gasteiger partial charge is 0.284 e. The maximum atomic E-state index is 11.2. The van der Waals surface area contributed by atoms with Gasteiger partial charge in [0.25, 0.3) is 0 Å². The molecule has 1 aromatic rings. The van der Waals surface area contributed by atoms with E-state index in [1.807, 2.05) is 24.3 Å². The third-order valence-electron chi connectivity index (χ3n) is 2.61. The number of anilines is 1. The summed E-state index contributed by atoms with van der Waals surface area (Å²) in [4.78, 5) is 0. The Morgan fingerprint density at radius 3 is 2.47 bits per heavy atom. The Balaban J connectivity index is 2.64. The molecule has 0 amide bonds. The molecule has 0 heterocycles. The van der Waals surface area contributed by atoms with E-state index in [0.717, 1.165) is 18.4 Å². The highest BCUT2D eigenvalue weighted by Gasteiger charge is 2.06. The van der Waals surface area contributed by atoms with Gasteiger partial charge in [0.2, 0.25) is 10.0 Å². The zero-order valence-electron chi connectivity index (χ0n) is 10.6. The third-order valence-corrected chi connectivity index (χ3v) is 3.20. The monoisotopic (exact) mass is 255 g/mol. The van der Waals surface area contributed by atoms with E-state index in [4.69, 9.17) is 0 Å². The average Bonchev–Trinajstić information content (AvgIpc) is 2.24. The number of aryl methyl sites for hydroxylation is 1. The van der Waals surface area contributed by atoms with E-state index in [2.05, 4.69) is 11.6 Å². The zero-order chi connectivity index (χ0) is 12.7. The molecule has 0 saturated heterocycles. The molecule has 0 aliphatic rings. The molecule has 0 bridgehead atoms.